The topological polar surface area (TPSA) is 44.0 Å². The van der Waals surface area contributed by atoms with Gasteiger partial charge in [-0.25, -0.2) is 13.8 Å². The molecular formula is C25H26F2N4. The summed E-state index contributed by atoms with van der Waals surface area (Å²) < 4.78 is 30.3. The molecule has 2 heterocycles. The number of H-pyrrole nitrogens is 1. The van der Waals surface area contributed by atoms with Gasteiger partial charge in [0.25, 0.3) is 0 Å². The van der Waals surface area contributed by atoms with Gasteiger partial charge in [0.2, 0.25) is 5.95 Å². The van der Waals surface area contributed by atoms with Crippen molar-refractivity contribution in [2.45, 2.75) is 38.6 Å². The molecule has 1 aliphatic heterocycles. The molecule has 2 aliphatic rings. The first-order valence-corrected chi connectivity index (χ1v) is 11.0. The smallest absolute Gasteiger partial charge is 0.200 e. The van der Waals surface area contributed by atoms with Crippen molar-refractivity contribution in [2.75, 3.05) is 23.3 Å². The van der Waals surface area contributed by atoms with Crippen LogP contribution in [0.2, 0.25) is 0 Å². The number of imidazole rings is 1. The van der Waals surface area contributed by atoms with Crippen molar-refractivity contribution in [1.29, 1.82) is 0 Å². The minimum Gasteiger partial charge on any atom is -0.365 e. The first-order chi connectivity index (χ1) is 15.2. The molecule has 0 amide bonds. The maximum Gasteiger partial charge on any atom is 0.200 e. The van der Waals surface area contributed by atoms with E-state index >= 15 is 4.39 Å². The summed E-state index contributed by atoms with van der Waals surface area (Å²) in [5, 5.41) is 3.10. The summed E-state index contributed by atoms with van der Waals surface area (Å²) in [6.07, 6.45) is 8.78. The number of fused-ring (bicyclic) bond motifs is 2. The molecular weight excluding hydrogens is 394 g/mol. The highest BCUT2D eigenvalue weighted by Crippen LogP contribution is 2.33. The third kappa shape index (κ3) is 4.07. The van der Waals surface area contributed by atoms with Gasteiger partial charge in [-0.2, -0.15) is 0 Å². The Bertz CT molecular complexity index is 1080. The maximum absolute atomic E-state index is 15.5. The number of hydrogen-bond acceptors (Lipinski definition) is 3. The predicted molar refractivity (Wildman–Crippen MR) is 120 cm³/mol. The molecule has 0 saturated carbocycles. The van der Waals surface area contributed by atoms with E-state index in [9.17, 15) is 4.39 Å². The Kier molecular flexibility index (Phi) is 5.45. The van der Waals surface area contributed by atoms with Crippen LogP contribution in [-0.2, 0) is 25.8 Å². The van der Waals surface area contributed by atoms with Gasteiger partial charge in [0.05, 0.1) is 11.4 Å². The fourth-order valence-corrected chi connectivity index (χ4v) is 4.50. The number of halogens is 2. The van der Waals surface area contributed by atoms with Gasteiger partial charge in [-0.3, -0.25) is 0 Å². The zero-order valence-corrected chi connectivity index (χ0v) is 17.4. The summed E-state index contributed by atoms with van der Waals surface area (Å²) in [5.74, 6) is -0.435. The van der Waals surface area contributed by atoms with E-state index in [-0.39, 0.29) is 12.1 Å². The van der Waals surface area contributed by atoms with E-state index in [4.69, 9.17) is 0 Å². The van der Waals surface area contributed by atoms with Gasteiger partial charge < -0.3 is 15.2 Å². The molecule has 1 aromatic heterocycles. The van der Waals surface area contributed by atoms with Crippen LogP contribution in [0.4, 0.5) is 20.4 Å². The molecule has 2 aromatic carbocycles. The summed E-state index contributed by atoms with van der Waals surface area (Å²) in [4.78, 5) is 9.81. The number of aryl methyl sites for hydroxylation is 2. The largest absolute Gasteiger partial charge is 0.365 e. The Labute approximate surface area is 181 Å². The Hall–Kier alpha value is -3.15. The number of aromatic nitrogens is 2. The normalized spacial score (nSPS) is 15.0. The number of nitrogens with zero attached hydrogens (tertiary/aromatic N) is 2. The average molecular weight is 421 g/mol. The molecule has 3 aromatic rings. The first-order valence-electron chi connectivity index (χ1n) is 11.0. The number of nitrogens with one attached hydrogen (secondary N) is 2. The van der Waals surface area contributed by atoms with Crippen molar-refractivity contribution in [1.82, 2.24) is 9.97 Å². The van der Waals surface area contributed by atoms with E-state index in [1.807, 2.05) is 29.2 Å². The van der Waals surface area contributed by atoms with Gasteiger partial charge in [0.1, 0.15) is 5.82 Å². The molecule has 6 heteroatoms. The Morgan fingerprint density at radius 1 is 1.10 bits per heavy atom. The summed E-state index contributed by atoms with van der Waals surface area (Å²) in [6.45, 7) is 1.33. The van der Waals surface area contributed by atoms with Crippen LogP contribution >= 0.6 is 0 Å². The molecule has 0 saturated heterocycles. The van der Waals surface area contributed by atoms with Crippen LogP contribution in [0.15, 0.2) is 42.5 Å². The highest BCUT2D eigenvalue weighted by Gasteiger charge is 2.24. The van der Waals surface area contributed by atoms with Gasteiger partial charge in [-0.05, 0) is 43.7 Å². The number of anilines is 2. The minimum absolute atomic E-state index is 0.0492. The third-order valence-electron chi connectivity index (χ3n) is 6.16. The SMILES string of the molecule is Fc1cc2c(c(F)c1CNc1nc3c([nH]1)CCCC3)N(CCc1ccccc1)CC=C2. The quantitative estimate of drug-likeness (QED) is 0.572. The molecule has 0 bridgehead atoms. The fraction of sp³-hybridized carbons (Fsp3) is 0.320. The van der Waals surface area contributed by atoms with Gasteiger partial charge in [0, 0.05) is 36.5 Å². The highest BCUT2D eigenvalue weighted by molar-refractivity contribution is 5.73. The van der Waals surface area contributed by atoms with Crippen LogP contribution < -0.4 is 10.2 Å². The molecule has 0 atom stereocenters. The molecule has 31 heavy (non-hydrogen) atoms. The zero-order valence-electron chi connectivity index (χ0n) is 17.4. The lowest BCUT2D eigenvalue weighted by Crippen LogP contribution is -2.30. The van der Waals surface area contributed by atoms with Gasteiger partial charge in [-0.1, -0.05) is 42.5 Å². The molecule has 160 valence electrons. The minimum atomic E-state index is -0.533. The van der Waals surface area contributed by atoms with Crippen molar-refractivity contribution in [3.05, 3.63) is 82.2 Å². The molecule has 2 N–H and O–H groups in total. The van der Waals surface area contributed by atoms with Gasteiger partial charge >= 0.3 is 0 Å². The lowest BCUT2D eigenvalue weighted by atomic mass is 10.0. The van der Waals surface area contributed by atoms with Gasteiger partial charge in [0.15, 0.2) is 5.82 Å². The van der Waals surface area contributed by atoms with Crippen molar-refractivity contribution >= 4 is 17.7 Å². The van der Waals surface area contributed by atoms with Crippen LogP contribution in [0.25, 0.3) is 6.08 Å². The second-order valence-corrected chi connectivity index (χ2v) is 8.24. The summed E-state index contributed by atoms with van der Waals surface area (Å²) in [5.41, 5.74) is 4.52. The zero-order chi connectivity index (χ0) is 21.2. The monoisotopic (exact) mass is 420 g/mol. The molecule has 0 unspecified atom stereocenters. The van der Waals surface area contributed by atoms with Crippen LogP contribution in [0.3, 0.4) is 0 Å². The summed E-state index contributed by atoms with van der Waals surface area (Å²) >= 11 is 0. The van der Waals surface area contributed by atoms with Crippen LogP contribution in [-0.4, -0.2) is 23.1 Å². The molecule has 5 rings (SSSR count). The van der Waals surface area contributed by atoms with Crippen molar-refractivity contribution in [2.24, 2.45) is 0 Å². The van der Waals surface area contributed by atoms with E-state index in [1.54, 1.807) is 6.08 Å². The number of rotatable bonds is 6. The Morgan fingerprint density at radius 2 is 1.94 bits per heavy atom. The maximum atomic E-state index is 15.5. The summed E-state index contributed by atoms with van der Waals surface area (Å²) in [6, 6.07) is 11.6. The average Bonchev–Trinajstić information content (AvgIpc) is 3.21. The lowest BCUT2D eigenvalue weighted by Gasteiger charge is -2.29. The number of benzene rings is 2. The number of hydrogen-bond donors (Lipinski definition) is 2. The van der Waals surface area contributed by atoms with Crippen molar-refractivity contribution < 1.29 is 8.78 Å². The van der Waals surface area contributed by atoms with Crippen LogP contribution in [0.1, 0.15) is 40.9 Å². The Morgan fingerprint density at radius 3 is 2.77 bits per heavy atom. The first kappa shape index (κ1) is 19.8. The second-order valence-electron chi connectivity index (χ2n) is 8.24. The Balaban J connectivity index is 1.36. The molecule has 0 radical (unpaired) electrons. The van der Waals surface area contributed by atoms with E-state index < -0.39 is 11.6 Å². The molecule has 1 aliphatic carbocycles. The van der Waals surface area contributed by atoms with Gasteiger partial charge in [-0.15, -0.1) is 0 Å². The van der Waals surface area contributed by atoms with E-state index in [2.05, 4.69) is 27.4 Å². The lowest BCUT2D eigenvalue weighted by molar-refractivity contribution is 0.555. The van der Waals surface area contributed by atoms with E-state index in [0.717, 1.165) is 43.5 Å². The predicted octanol–water partition coefficient (Wildman–Crippen LogP) is 5.25. The summed E-state index contributed by atoms with van der Waals surface area (Å²) in [7, 11) is 0. The van der Waals surface area contributed by atoms with Crippen LogP contribution in [0, 0.1) is 11.6 Å². The van der Waals surface area contributed by atoms with Crippen LogP contribution in [0.5, 0.6) is 0 Å². The highest BCUT2D eigenvalue weighted by atomic mass is 19.1. The molecule has 0 fully saturated rings. The fourth-order valence-electron chi connectivity index (χ4n) is 4.50. The second kappa shape index (κ2) is 8.53. The molecule has 4 nitrogen and oxygen atoms in total. The standard InChI is InChI=1S/C25H26F2N4/c26-20-15-18-9-6-13-31(14-12-17-7-2-1-3-8-17)24(18)23(27)19(20)16-28-25-29-21-10-4-5-11-22(21)30-25/h1-3,6-9,15H,4-5,10-14,16H2,(H2,28,29,30). The number of aromatic amines is 1. The van der Waals surface area contributed by atoms with E-state index in [1.165, 1.54) is 11.6 Å². The van der Waals surface area contributed by atoms with Crippen molar-refractivity contribution in [3.8, 4) is 0 Å². The third-order valence-corrected chi connectivity index (χ3v) is 6.16. The van der Waals surface area contributed by atoms with E-state index in [0.29, 0.717) is 30.3 Å². The van der Waals surface area contributed by atoms with Crippen molar-refractivity contribution in [3.63, 3.8) is 0 Å². The molecule has 0 spiro atoms.